The second-order valence-electron chi connectivity index (χ2n) is 5.82. The van der Waals surface area contributed by atoms with E-state index in [1.54, 1.807) is 0 Å². The molecule has 4 nitrogen and oxygen atoms in total. The zero-order valence-corrected chi connectivity index (χ0v) is 12.8. The number of carboxylic acids is 2. The summed E-state index contributed by atoms with van der Waals surface area (Å²) in [6.07, 6.45) is 11.8. The highest BCUT2D eigenvalue weighted by molar-refractivity contribution is 5.67. The summed E-state index contributed by atoms with van der Waals surface area (Å²) in [7, 11) is 0. The van der Waals surface area contributed by atoms with E-state index in [2.05, 4.69) is 0 Å². The monoisotopic (exact) mass is 286 g/mol. The average molecular weight is 286 g/mol. The van der Waals surface area contributed by atoms with Crippen molar-refractivity contribution in [1.82, 2.24) is 0 Å². The molecule has 0 aliphatic rings. The van der Waals surface area contributed by atoms with Crippen LogP contribution in [0.3, 0.4) is 0 Å². The summed E-state index contributed by atoms with van der Waals surface area (Å²) < 4.78 is 0. The van der Waals surface area contributed by atoms with E-state index >= 15 is 0 Å². The maximum atomic E-state index is 10.5. The van der Waals surface area contributed by atoms with Gasteiger partial charge in [0.2, 0.25) is 0 Å². The van der Waals surface area contributed by atoms with Crippen molar-refractivity contribution in [1.29, 1.82) is 0 Å². The highest BCUT2D eigenvalue weighted by Gasteiger charge is 2.06. The molecule has 20 heavy (non-hydrogen) atoms. The first-order valence-electron chi connectivity index (χ1n) is 7.96. The van der Waals surface area contributed by atoms with Crippen LogP contribution < -0.4 is 0 Å². The Labute approximate surface area is 122 Å². The van der Waals surface area contributed by atoms with Crippen molar-refractivity contribution < 1.29 is 19.8 Å². The third kappa shape index (κ3) is 15.0. The van der Waals surface area contributed by atoms with Gasteiger partial charge in [0.15, 0.2) is 0 Å². The van der Waals surface area contributed by atoms with Crippen molar-refractivity contribution in [2.75, 3.05) is 0 Å². The third-order valence-electron chi connectivity index (χ3n) is 3.61. The van der Waals surface area contributed by atoms with E-state index in [0.29, 0.717) is 12.3 Å². The molecule has 1 atom stereocenters. The zero-order chi connectivity index (χ0) is 15.2. The molecular weight excluding hydrogens is 256 g/mol. The van der Waals surface area contributed by atoms with Gasteiger partial charge in [0, 0.05) is 12.8 Å². The van der Waals surface area contributed by atoms with Crippen molar-refractivity contribution >= 4 is 11.9 Å². The van der Waals surface area contributed by atoms with Gasteiger partial charge in [0.1, 0.15) is 0 Å². The minimum Gasteiger partial charge on any atom is -0.481 e. The number of hydrogen-bond donors (Lipinski definition) is 2. The van der Waals surface area contributed by atoms with Gasteiger partial charge in [-0.1, -0.05) is 64.7 Å². The molecule has 0 aromatic carbocycles. The van der Waals surface area contributed by atoms with E-state index < -0.39 is 11.9 Å². The van der Waals surface area contributed by atoms with Gasteiger partial charge in [-0.25, -0.2) is 0 Å². The molecule has 0 bridgehead atoms. The first kappa shape index (κ1) is 18.9. The maximum absolute atomic E-state index is 10.5. The first-order valence-corrected chi connectivity index (χ1v) is 7.96. The molecule has 0 fully saturated rings. The van der Waals surface area contributed by atoms with Gasteiger partial charge in [-0.2, -0.15) is 0 Å². The fraction of sp³-hybridized carbons (Fsp3) is 0.875. The summed E-state index contributed by atoms with van der Waals surface area (Å²) in [6.45, 7) is 2.01. The lowest BCUT2D eigenvalue weighted by atomic mass is 9.99. The van der Waals surface area contributed by atoms with Crippen LogP contribution in [0.5, 0.6) is 0 Å². The Morgan fingerprint density at radius 1 is 0.750 bits per heavy atom. The highest BCUT2D eigenvalue weighted by Crippen LogP contribution is 2.15. The second-order valence-corrected chi connectivity index (χ2v) is 5.82. The molecule has 0 saturated heterocycles. The summed E-state index contributed by atoms with van der Waals surface area (Å²) in [4.78, 5) is 20.8. The summed E-state index contributed by atoms with van der Waals surface area (Å²) in [5.41, 5.74) is 0. The Bertz CT molecular complexity index is 263. The molecule has 4 heteroatoms. The smallest absolute Gasteiger partial charge is 0.303 e. The lowest BCUT2D eigenvalue weighted by molar-refractivity contribution is -0.138. The van der Waals surface area contributed by atoms with Crippen LogP contribution in [0, 0.1) is 5.92 Å². The van der Waals surface area contributed by atoms with Gasteiger partial charge in [0.25, 0.3) is 0 Å². The number of aliphatic carboxylic acids is 2. The normalized spacial score (nSPS) is 12.2. The Hall–Kier alpha value is -1.06. The Morgan fingerprint density at radius 3 is 1.65 bits per heavy atom. The standard InChI is InChI=1S/C16H30O4/c1-14(13-16(19)20)11-9-7-5-3-2-4-6-8-10-12-15(17)18/h14H,2-13H2,1H3,(H,17,18)(H,19,20). The topological polar surface area (TPSA) is 74.6 Å². The van der Waals surface area contributed by atoms with E-state index in [4.69, 9.17) is 10.2 Å². The van der Waals surface area contributed by atoms with Crippen LogP contribution in [0.2, 0.25) is 0 Å². The summed E-state index contributed by atoms with van der Waals surface area (Å²) in [5, 5.41) is 17.1. The summed E-state index contributed by atoms with van der Waals surface area (Å²) in [6, 6.07) is 0. The molecule has 1 unspecified atom stereocenters. The van der Waals surface area contributed by atoms with Crippen molar-refractivity contribution in [2.45, 2.75) is 84.0 Å². The van der Waals surface area contributed by atoms with E-state index in [1.165, 1.54) is 32.1 Å². The Morgan fingerprint density at radius 2 is 1.20 bits per heavy atom. The van der Waals surface area contributed by atoms with Crippen LogP contribution in [0.15, 0.2) is 0 Å². The van der Waals surface area contributed by atoms with Crippen molar-refractivity contribution in [2.24, 2.45) is 5.92 Å². The number of unbranched alkanes of at least 4 members (excludes halogenated alkanes) is 8. The number of carboxylic acid groups (broad SMARTS) is 2. The molecule has 0 aliphatic carbocycles. The number of rotatable bonds is 14. The lowest BCUT2D eigenvalue weighted by Crippen LogP contribution is -2.03. The SMILES string of the molecule is CC(CCCCCCCCCCCC(=O)O)CC(=O)O. The zero-order valence-electron chi connectivity index (χ0n) is 12.8. The van der Waals surface area contributed by atoms with Gasteiger partial charge >= 0.3 is 11.9 Å². The molecule has 0 amide bonds. The molecule has 0 aliphatic heterocycles. The number of hydrogen-bond acceptors (Lipinski definition) is 2. The Kier molecular flexibility index (Phi) is 12.3. The van der Waals surface area contributed by atoms with Crippen LogP contribution >= 0.6 is 0 Å². The van der Waals surface area contributed by atoms with Gasteiger partial charge in [-0.3, -0.25) is 9.59 Å². The third-order valence-corrected chi connectivity index (χ3v) is 3.61. The fourth-order valence-corrected chi connectivity index (χ4v) is 2.41. The molecule has 2 N–H and O–H groups in total. The maximum Gasteiger partial charge on any atom is 0.303 e. The molecule has 0 aromatic rings. The van der Waals surface area contributed by atoms with E-state index in [-0.39, 0.29) is 6.42 Å². The predicted molar refractivity (Wildman–Crippen MR) is 79.8 cm³/mol. The molecular formula is C16H30O4. The molecule has 0 aromatic heterocycles. The van der Waals surface area contributed by atoms with Crippen molar-refractivity contribution in [3.8, 4) is 0 Å². The lowest BCUT2D eigenvalue weighted by Gasteiger charge is -2.07. The molecule has 0 rings (SSSR count). The molecule has 0 radical (unpaired) electrons. The van der Waals surface area contributed by atoms with Gasteiger partial charge < -0.3 is 10.2 Å². The van der Waals surface area contributed by atoms with E-state index in [1.807, 2.05) is 6.92 Å². The number of carbonyl (C=O) groups is 2. The Balaban J connectivity index is 3.13. The minimum atomic E-state index is -0.694. The quantitative estimate of drug-likeness (QED) is 0.462. The van der Waals surface area contributed by atoms with Crippen LogP contribution in [-0.2, 0) is 9.59 Å². The van der Waals surface area contributed by atoms with Crippen molar-refractivity contribution in [3.63, 3.8) is 0 Å². The summed E-state index contributed by atoms with van der Waals surface area (Å²) >= 11 is 0. The largest absolute Gasteiger partial charge is 0.481 e. The molecule has 0 spiro atoms. The minimum absolute atomic E-state index is 0.288. The summed E-state index contributed by atoms with van der Waals surface area (Å²) in [5.74, 6) is -1.09. The van der Waals surface area contributed by atoms with E-state index in [0.717, 1.165) is 32.1 Å². The van der Waals surface area contributed by atoms with E-state index in [9.17, 15) is 9.59 Å². The van der Waals surface area contributed by atoms with Crippen LogP contribution in [0.4, 0.5) is 0 Å². The fourth-order valence-electron chi connectivity index (χ4n) is 2.41. The van der Waals surface area contributed by atoms with Gasteiger partial charge in [-0.15, -0.1) is 0 Å². The van der Waals surface area contributed by atoms with Crippen LogP contribution in [0.25, 0.3) is 0 Å². The van der Waals surface area contributed by atoms with Gasteiger partial charge in [-0.05, 0) is 12.3 Å². The average Bonchev–Trinajstić information content (AvgIpc) is 2.34. The van der Waals surface area contributed by atoms with Crippen LogP contribution in [0.1, 0.15) is 84.0 Å². The second kappa shape index (κ2) is 12.9. The molecule has 0 saturated carbocycles. The highest BCUT2D eigenvalue weighted by atomic mass is 16.4. The van der Waals surface area contributed by atoms with Gasteiger partial charge in [0.05, 0.1) is 0 Å². The van der Waals surface area contributed by atoms with Crippen LogP contribution in [-0.4, -0.2) is 22.2 Å². The molecule has 0 heterocycles. The first-order chi connectivity index (χ1) is 9.52. The molecule has 118 valence electrons. The predicted octanol–water partition coefficient (Wildman–Crippen LogP) is 4.47. The van der Waals surface area contributed by atoms with Crippen molar-refractivity contribution in [3.05, 3.63) is 0 Å².